The molecule has 2 N–H and O–H groups in total. The lowest BCUT2D eigenvalue weighted by Gasteiger charge is -2.18. The third-order valence-electron chi connectivity index (χ3n) is 6.26. The van der Waals surface area contributed by atoms with Gasteiger partial charge in [0, 0.05) is 30.2 Å². The topological polar surface area (TPSA) is 136 Å². The zero-order valence-corrected chi connectivity index (χ0v) is 23.7. The van der Waals surface area contributed by atoms with Crippen LogP contribution in [0.4, 0.5) is 10.1 Å². The number of rotatable bonds is 7. The fourth-order valence-corrected chi connectivity index (χ4v) is 5.41. The summed E-state index contributed by atoms with van der Waals surface area (Å²) in [6, 6.07) is 9.23. The van der Waals surface area contributed by atoms with Crippen LogP contribution in [0, 0.1) is 17.5 Å². The molecule has 0 radical (unpaired) electrons. The number of pyridine rings is 1. The van der Waals surface area contributed by atoms with Crippen LogP contribution in [0.3, 0.4) is 0 Å². The van der Waals surface area contributed by atoms with E-state index in [1.807, 2.05) is 20.8 Å². The van der Waals surface area contributed by atoms with Crippen molar-refractivity contribution in [3.05, 3.63) is 90.5 Å². The van der Waals surface area contributed by atoms with Crippen molar-refractivity contribution in [1.82, 2.24) is 24.7 Å². The van der Waals surface area contributed by atoms with Crippen LogP contribution in [0.25, 0.3) is 10.9 Å². The fourth-order valence-electron chi connectivity index (χ4n) is 4.21. The van der Waals surface area contributed by atoms with Gasteiger partial charge in [-0.15, -0.1) is 0 Å². The molecule has 0 spiro atoms. The number of hydrogen-bond donors (Lipinski definition) is 2. The first-order chi connectivity index (χ1) is 19.4. The highest BCUT2D eigenvalue weighted by atomic mass is 32.2. The quantitative estimate of drug-likeness (QED) is 0.249. The molecule has 1 atom stereocenters. The first-order valence-electron chi connectivity index (χ1n) is 12.7. The molecule has 0 saturated carbocycles. The highest BCUT2D eigenvalue weighted by Crippen LogP contribution is 2.35. The highest BCUT2D eigenvalue weighted by Gasteiger charge is 2.19. The summed E-state index contributed by atoms with van der Waals surface area (Å²) in [6.07, 6.45) is 8.90. The summed E-state index contributed by atoms with van der Waals surface area (Å²) < 4.78 is 44.9. The molecule has 0 saturated heterocycles. The minimum atomic E-state index is -3.46. The predicted octanol–water partition coefficient (Wildman–Crippen LogP) is 5.86. The number of hydrogen-bond acceptors (Lipinski definition) is 8. The second-order valence-corrected chi connectivity index (χ2v) is 12.5. The number of halogens is 1. The molecule has 0 aliphatic carbocycles. The molecule has 12 heteroatoms. The Hall–Kier alpha value is -4.71. The van der Waals surface area contributed by atoms with Gasteiger partial charge < -0.3 is 10.1 Å². The Kier molecular flexibility index (Phi) is 7.26. The molecular weight excluding hydrogens is 545 g/mol. The average Bonchev–Trinajstić information content (AvgIpc) is 3.40. The fraction of sp³-hybridized carbons (Fsp3) is 0.207. The SMILES string of the molecule is Cc1cc(CC(=O)Nc2cnn(C(C)(C)C)c2)cc(F)c1Oc1ccnc2ccc([S@](=N)(=O)c3cnccn3)cc12. The number of benzene rings is 2. The molecule has 0 unspecified atom stereocenters. The number of carbonyl (C=O) groups is 1. The molecule has 0 fully saturated rings. The molecule has 2 aromatic carbocycles. The van der Waals surface area contributed by atoms with Crippen LogP contribution in [0.15, 0.2) is 83.5 Å². The van der Waals surface area contributed by atoms with Gasteiger partial charge in [0.25, 0.3) is 0 Å². The Morgan fingerprint density at radius 1 is 1.10 bits per heavy atom. The van der Waals surface area contributed by atoms with Gasteiger partial charge in [0.05, 0.1) is 40.5 Å². The first-order valence-corrected chi connectivity index (χ1v) is 14.2. The van der Waals surface area contributed by atoms with Crippen molar-refractivity contribution in [1.29, 1.82) is 4.78 Å². The predicted molar refractivity (Wildman–Crippen MR) is 152 cm³/mol. The normalized spacial score (nSPS) is 13.1. The summed E-state index contributed by atoms with van der Waals surface area (Å²) >= 11 is 0. The van der Waals surface area contributed by atoms with Crippen LogP contribution in [-0.2, 0) is 26.5 Å². The van der Waals surface area contributed by atoms with Gasteiger partial charge >= 0.3 is 0 Å². The van der Waals surface area contributed by atoms with E-state index in [2.05, 4.69) is 25.4 Å². The number of ether oxygens (including phenoxy) is 1. The molecule has 41 heavy (non-hydrogen) atoms. The highest BCUT2D eigenvalue weighted by molar-refractivity contribution is 7.92. The lowest BCUT2D eigenvalue weighted by Crippen LogP contribution is -2.22. The number of carbonyl (C=O) groups excluding carboxylic acids is 1. The Morgan fingerprint density at radius 3 is 2.59 bits per heavy atom. The summed E-state index contributed by atoms with van der Waals surface area (Å²) in [4.78, 5) is 25.1. The molecule has 1 amide bonds. The molecule has 5 rings (SSSR count). The number of nitrogens with one attached hydrogen (secondary N) is 2. The van der Waals surface area contributed by atoms with E-state index in [4.69, 9.17) is 9.52 Å². The number of fused-ring (bicyclic) bond motifs is 1. The largest absolute Gasteiger partial charge is 0.453 e. The van der Waals surface area contributed by atoms with Crippen LogP contribution in [0.5, 0.6) is 11.5 Å². The second-order valence-electron chi connectivity index (χ2n) is 10.5. The van der Waals surface area contributed by atoms with E-state index in [9.17, 15) is 9.00 Å². The summed E-state index contributed by atoms with van der Waals surface area (Å²) in [6.45, 7) is 7.69. The van der Waals surface area contributed by atoms with E-state index >= 15 is 4.39 Å². The van der Waals surface area contributed by atoms with Crippen molar-refractivity contribution >= 4 is 32.2 Å². The number of amides is 1. The van der Waals surface area contributed by atoms with Crippen LogP contribution in [0.2, 0.25) is 0 Å². The smallest absolute Gasteiger partial charge is 0.228 e. The van der Waals surface area contributed by atoms with Crippen molar-refractivity contribution in [3.63, 3.8) is 0 Å². The third kappa shape index (κ3) is 5.92. The molecule has 5 aromatic rings. The Labute approximate surface area is 236 Å². The van der Waals surface area contributed by atoms with Gasteiger partial charge in [-0.05, 0) is 69.2 Å². The van der Waals surface area contributed by atoms with E-state index in [1.54, 1.807) is 48.3 Å². The van der Waals surface area contributed by atoms with Crippen LogP contribution >= 0.6 is 0 Å². The molecule has 0 aliphatic rings. The van der Waals surface area contributed by atoms with Crippen molar-refractivity contribution < 1.29 is 18.1 Å². The molecule has 210 valence electrons. The number of nitrogens with zero attached hydrogens (tertiary/aromatic N) is 5. The monoisotopic (exact) mass is 573 g/mol. The molecule has 0 bridgehead atoms. The lowest BCUT2D eigenvalue weighted by molar-refractivity contribution is -0.115. The van der Waals surface area contributed by atoms with Gasteiger partial charge in [-0.1, -0.05) is 6.07 Å². The minimum absolute atomic E-state index is 0.0148. The summed E-state index contributed by atoms with van der Waals surface area (Å²) in [7, 11) is -3.46. The van der Waals surface area contributed by atoms with Gasteiger partial charge in [-0.3, -0.25) is 19.4 Å². The van der Waals surface area contributed by atoms with Gasteiger partial charge in [-0.2, -0.15) is 5.10 Å². The number of aromatic nitrogens is 5. The molecule has 0 aliphatic heterocycles. The van der Waals surface area contributed by atoms with E-state index in [1.165, 1.54) is 36.9 Å². The average molecular weight is 574 g/mol. The zero-order chi connectivity index (χ0) is 29.4. The van der Waals surface area contributed by atoms with Crippen molar-refractivity contribution in [2.45, 2.75) is 49.6 Å². The van der Waals surface area contributed by atoms with Gasteiger partial charge in [0.15, 0.2) is 16.6 Å². The minimum Gasteiger partial charge on any atom is -0.453 e. The van der Waals surface area contributed by atoms with E-state index in [-0.39, 0.29) is 39.3 Å². The van der Waals surface area contributed by atoms with E-state index < -0.39 is 15.5 Å². The van der Waals surface area contributed by atoms with E-state index in [0.29, 0.717) is 27.7 Å². The Bertz CT molecular complexity index is 1840. The molecule has 10 nitrogen and oxygen atoms in total. The maximum Gasteiger partial charge on any atom is 0.228 e. The maximum absolute atomic E-state index is 15.3. The third-order valence-corrected chi connectivity index (χ3v) is 7.98. The van der Waals surface area contributed by atoms with Gasteiger partial charge in [-0.25, -0.2) is 18.4 Å². The second kappa shape index (κ2) is 10.7. The first kappa shape index (κ1) is 27.8. The van der Waals surface area contributed by atoms with Crippen LogP contribution in [0.1, 0.15) is 31.9 Å². The van der Waals surface area contributed by atoms with Gasteiger partial charge in [0.2, 0.25) is 5.91 Å². The Morgan fingerprint density at radius 2 is 1.90 bits per heavy atom. The zero-order valence-electron chi connectivity index (χ0n) is 22.9. The number of aryl methyl sites for hydroxylation is 1. The van der Waals surface area contributed by atoms with Crippen LogP contribution in [-0.4, -0.2) is 34.8 Å². The molecule has 3 aromatic heterocycles. The standard InChI is InChI=1S/C29H28FN7O3S/c1-18-11-19(13-26(38)36-20-15-35-37(17-20)29(2,3)4)12-23(30)28(18)40-25-7-8-33-24-6-5-21(14-22(24)25)41(31,39)27-16-32-9-10-34-27/h5-12,14-17,31H,13H2,1-4H3,(H,36,38)/t41-/m0/s1. The van der Waals surface area contributed by atoms with Crippen molar-refractivity contribution in [2.75, 3.05) is 5.32 Å². The maximum atomic E-state index is 15.3. The van der Waals surface area contributed by atoms with Crippen molar-refractivity contribution in [2.24, 2.45) is 0 Å². The molecule has 3 heterocycles. The summed E-state index contributed by atoms with van der Waals surface area (Å²) in [5.74, 6) is -0.687. The van der Waals surface area contributed by atoms with E-state index in [0.717, 1.165) is 0 Å². The molecular formula is C29H28FN7O3S. The van der Waals surface area contributed by atoms with Crippen molar-refractivity contribution in [3.8, 4) is 11.5 Å². The van der Waals surface area contributed by atoms with Gasteiger partial charge in [0.1, 0.15) is 15.5 Å². The van der Waals surface area contributed by atoms with Crippen LogP contribution < -0.4 is 10.1 Å². The summed E-state index contributed by atoms with van der Waals surface area (Å²) in [5, 5.41) is 7.54. The lowest BCUT2D eigenvalue weighted by atomic mass is 10.1. The number of anilines is 1. The summed E-state index contributed by atoms with van der Waals surface area (Å²) in [5.41, 5.74) is 1.81. The Balaban J connectivity index is 1.38.